The number of hydrogen-bond acceptors (Lipinski definition) is 4. The average molecular weight is 267 g/mol. The van der Waals surface area contributed by atoms with Crippen molar-refractivity contribution in [2.24, 2.45) is 0 Å². The average Bonchev–Trinajstić information content (AvgIpc) is 2.41. The van der Waals surface area contributed by atoms with Gasteiger partial charge in [0.15, 0.2) is 5.75 Å². The van der Waals surface area contributed by atoms with E-state index in [1.807, 2.05) is 50.2 Å². The maximum absolute atomic E-state index is 9.13. The van der Waals surface area contributed by atoms with E-state index in [0.29, 0.717) is 22.7 Å². The van der Waals surface area contributed by atoms with Crippen LogP contribution in [0.4, 0.5) is 11.4 Å². The van der Waals surface area contributed by atoms with E-state index in [1.54, 1.807) is 12.1 Å². The van der Waals surface area contributed by atoms with Crippen LogP contribution in [0.3, 0.4) is 0 Å². The molecule has 4 heteroatoms. The maximum Gasteiger partial charge on any atom is 0.152 e. The normalized spacial score (nSPS) is 9.90. The highest BCUT2D eigenvalue weighted by Gasteiger charge is 2.09. The van der Waals surface area contributed by atoms with Crippen molar-refractivity contribution in [3.8, 4) is 17.6 Å². The first-order chi connectivity index (χ1) is 9.51. The summed E-state index contributed by atoms with van der Waals surface area (Å²) in [6.45, 7) is 1.95. The van der Waals surface area contributed by atoms with E-state index in [9.17, 15) is 0 Å². The number of nitriles is 1. The summed E-state index contributed by atoms with van der Waals surface area (Å²) in [6, 6.07) is 13.2. The molecule has 0 saturated heterocycles. The van der Waals surface area contributed by atoms with Crippen molar-refractivity contribution in [3.63, 3.8) is 0 Å². The molecule has 0 aliphatic carbocycles. The number of nitrogen functional groups attached to an aromatic ring is 1. The Hall–Kier alpha value is -2.67. The Bertz CT molecular complexity index is 672. The van der Waals surface area contributed by atoms with E-state index < -0.39 is 0 Å². The van der Waals surface area contributed by atoms with E-state index in [0.717, 1.165) is 11.3 Å². The number of ether oxygens (including phenoxy) is 1. The second-order valence-corrected chi connectivity index (χ2v) is 4.83. The third-order valence-corrected chi connectivity index (χ3v) is 2.99. The van der Waals surface area contributed by atoms with Crippen LogP contribution in [0.2, 0.25) is 0 Å². The minimum absolute atomic E-state index is 0.491. The van der Waals surface area contributed by atoms with Crippen LogP contribution in [0.25, 0.3) is 0 Å². The van der Waals surface area contributed by atoms with E-state index in [4.69, 9.17) is 15.7 Å². The van der Waals surface area contributed by atoms with E-state index in [2.05, 4.69) is 6.07 Å². The van der Waals surface area contributed by atoms with Crippen LogP contribution < -0.4 is 15.4 Å². The maximum atomic E-state index is 9.13. The Kier molecular flexibility index (Phi) is 3.81. The number of anilines is 2. The van der Waals surface area contributed by atoms with Crippen LogP contribution in [0.15, 0.2) is 36.4 Å². The topological polar surface area (TPSA) is 62.3 Å². The molecule has 0 atom stereocenters. The van der Waals surface area contributed by atoms with E-state index >= 15 is 0 Å². The summed E-state index contributed by atoms with van der Waals surface area (Å²) in [4.78, 5) is 1.97. The summed E-state index contributed by atoms with van der Waals surface area (Å²) in [7, 11) is 3.89. The van der Waals surface area contributed by atoms with Gasteiger partial charge < -0.3 is 15.4 Å². The molecule has 0 radical (unpaired) electrons. The van der Waals surface area contributed by atoms with Crippen LogP contribution in [0.1, 0.15) is 11.1 Å². The highest BCUT2D eigenvalue weighted by molar-refractivity contribution is 5.63. The fourth-order valence-corrected chi connectivity index (χ4v) is 1.81. The van der Waals surface area contributed by atoms with Gasteiger partial charge in [0.1, 0.15) is 11.8 Å². The number of benzene rings is 2. The van der Waals surface area contributed by atoms with Gasteiger partial charge in [-0.05, 0) is 36.8 Å². The predicted molar refractivity (Wildman–Crippen MR) is 81.1 cm³/mol. The fraction of sp³-hybridized carbons (Fsp3) is 0.188. The SMILES string of the molecule is Cc1ccc(C#N)c(Oc2cc(N(C)C)ccc2N)c1. The van der Waals surface area contributed by atoms with Crippen LogP contribution in [0, 0.1) is 18.3 Å². The molecule has 0 heterocycles. The van der Waals surface area contributed by atoms with Gasteiger partial charge in [-0.25, -0.2) is 0 Å². The van der Waals surface area contributed by atoms with Crippen LogP contribution in [0.5, 0.6) is 11.5 Å². The number of aryl methyl sites for hydroxylation is 1. The molecule has 102 valence electrons. The molecule has 2 rings (SSSR count). The first-order valence-corrected chi connectivity index (χ1v) is 6.26. The molecule has 0 bridgehead atoms. The van der Waals surface area contributed by atoms with Gasteiger partial charge in [-0.15, -0.1) is 0 Å². The molecule has 0 saturated carbocycles. The van der Waals surface area contributed by atoms with Crippen molar-refractivity contribution in [1.82, 2.24) is 0 Å². The first kappa shape index (κ1) is 13.8. The third-order valence-electron chi connectivity index (χ3n) is 2.99. The van der Waals surface area contributed by atoms with Gasteiger partial charge in [-0.1, -0.05) is 6.07 Å². The molecule has 0 aromatic heterocycles. The molecular formula is C16H17N3O. The number of hydrogen-bond donors (Lipinski definition) is 1. The fourth-order valence-electron chi connectivity index (χ4n) is 1.81. The summed E-state index contributed by atoms with van der Waals surface area (Å²) in [5.41, 5.74) is 8.99. The zero-order chi connectivity index (χ0) is 14.7. The minimum Gasteiger partial charge on any atom is -0.454 e. The van der Waals surface area contributed by atoms with Crippen molar-refractivity contribution in [1.29, 1.82) is 5.26 Å². The quantitative estimate of drug-likeness (QED) is 0.867. The standard InChI is InChI=1S/C16H17N3O/c1-11-4-5-12(10-17)15(8-11)20-16-9-13(19(2)3)6-7-14(16)18/h4-9H,18H2,1-3H3. The Balaban J connectivity index is 2.42. The molecule has 0 amide bonds. The Morgan fingerprint density at radius 2 is 1.85 bits per heavy atom. The predicted octanol–water partition coefficient (Wildman–Crippen LogP) is 3.31. The smallest absolute Gasteiger partial charge is 0.152 e. The lowest BCUT2D eigenvalue weighted by Crippen LogP contribution is -2.08. The third kappa shape index (κ3) is 2.83. The van der Waals surface area contributed by atoms with Crippen molar-refractivity contribution < 1.29 is 4.74 Å². The lowest BCUT2D eigenvalue weighted by atomic mass is 10.1. The molecular weight excluding hydrogens is 250 g/mol. The second-order valence-electron chi connectivity index (χ2n) is 4.83. The number of nitrogens with zero attached hydrogens (tertiary/aromatic N) is 2. The number of nitrogens with two attached hydrogens (primary N) is 1. The summed E-state index contributed by atoms with van der Waals surface area (Å²) >= 11 is 0. The Morgan fingerprint density at radius 1 is 1.10 bits per heavy atom. The van der Waals surface area contributed by atoms with E-state index in [-0.39, 0.29) is 0 Å². The molecule has 0 aliphatic rings. The van der Waals surface area contributed by atoms with Gasteiger partial charge in [-0.3, -0.25) is 0 Å². The monoisotopic (exact) mass is 267 g/mol. The molecule has 0 unspecified atom stereocenters. The lowest BCUT2D eigenvalue weighted by molar-refractivity contribution is 0.483. The van der Waals surface area contributed by atoms with Gasteiger partial charge in [0.2, 0.25) is 0 Å². The lowest BCUT2D eigenvalue weighted by Gasteiger charge is -2.16. The molecule has 2 aromatic rings. The van der Waals surface area contributed by atoms with Crippen molar-refractivity contribution in [2.45, 2.75) is 6.92 Å². The van der Waals surface area contributed by atoms with E-state index in [1.165, 1.54) is 0 Å². The number of rotatable bonds is 3. The van der Waals surface area contributed by atoms with Gasteiger partial charge in [0.05, 0.1) is 11.3 Å². The van der Waals surface area contributed by atoms with Crippen molar-refractivity contribution >= 4 is 11.4 Å². The highest BCUT2D eigenvalue weighted by Crippen LogP contribution is 2.33. The van der Waals surface area contributed by atoms with Gasteiger partial charge in [0.25, 0.3) is 0 Å². The Labute approximate surface area is 119 Å². The molecule has 0 aliphatic heterocycles. The largest absolute Gasteiger partial charge is 0.454 e. The minimum atomic E-state index is 0.491. The van der Waals surface area contributed by atoms with Gasteiger partial charge in [0, 0.05) is 25.8 Å². The summed E-state index contributed by atoms with van der Waals surface area (Å²) in [5, 5.41) is 9.13. The van der Waals surface area contributed by atoms with Crippen LogP contribution in [-0.4, -0.2) is 14.1 Å². The second kappa shape index (κ2) is 5.54. The molecule has 2 N–H and O–H groups in total. The van der Waals surface area contributed by atoms with Crippen LogP contribution >= 0.6 is 0 Å². The molecule has 2 aromatic carbocycles. The zero-order valence-electron chi connectivity index (χ0n) is 11.8. The highest BCUT2D eigenvalue weighted by atomic mass is 16.5. The molecule has 4 nitrogen and oxygen atoms in total. The molecule has 0 fully saturated rings. The molecule has 0 spiro atoms. The first-order valence-electron chi connectivity index (χ1n) is 6.26. The van der Waals surface area contributed by atoms with Gasteiger partial charge in [-0.2, -0.15) is 5.26 Å². The van der Waals surface area contributed by atoms with Crippen molar-refractivity contribution in [2.75, 3.05) is 24.7 Å². The zero-order valence-corrected chi connectivity index (χ0v) is 11.8. The Morgan fingerprint density at radius 3 is 2.50 bits per heavy atom. The van der Waals surface area contributed by atoms with Crippen LogP contribution in [-0.2, 0) is 0 Å². The summed E-state index contributed by atoms with van der Waals surface area (Å²) < 4.78 is 5.83. The summed E-state index contributed by atoms with van der Waals surface area (Å²) in [5.74, 6) is 1.08. The summed E-state index contributed by atoms with van der Waals surface area (Å²) in [6.07, 6.45) is 0. The van der Waals surface area contributed by atoms with Crippen molar-refractivity contribution in [3.05, 3.63) is 47.5 Å². The molecule has 20 heavy (non-hydrogen) atoms. The van der Waals surface area contributed by atoms with Gasteiger partial charge >= 0.3 is 0 Å².